The highest BCUT2D eigenvalue weighted by Crippen LogP contribution is 2.14. The van der Waals surface area contributed by atoms with Gasteiger partial charge in [0.05, 0.1) is 18.8 Å². The van der Waals surface area contributed by atoms with Crippen molar-refractivity contribution in [1.82, 2.24) is 4.98 Å². The fraction of sp³-hybridized carbons (Fsp3) is 0.400. The number of nitrogens with two attached hydrogens (primary N) is 1. The van der Waals surface area contributed by atoms with Gasteiger partial charge in [-0.1, -0.05) is 0 Å². The highest BCUT2D eigenvalue weighted by molar-refractivity contribution is 9.10. The third kappa shape index (κ3) is 1.56. The Morgan fingerprint density at radius 3 is 3.00 bits per heavy atom. The third-order valence-electron chi connectivity index (χ3n) is 1.06. The summed E-state index contributed by atoms with van der Waals surface area (Å²) >= 11 is 3.01. The van der Waals surface area contributed by atoms with Crippen LogP contribution < -0.4 is 5.73 Å². The Bertz CT molecular complexity index is 213. The van der Waals surface area contributed by atoms with E-state index in [9.17, 15) is 0 Å². The molecule has 0 fully saturated rings. The van der Waals surface area contributed by atoms with Crippen LogP contribution in [-0.4, -0.2) is 16.7 Å². The lowest BCUT2D eigenvalue weighted by atomic mass is 10.3. The Balaban J connectivity index is 2.74. The van der Waals surface area contributed by atoms with Gasteiger partial charge in [0.15, 0.2) is 0 Å². The molecular formula is C5H7BrN2O2. The van der Waals surface area contributed by atoms with Crippen molar-refractivity contribution in [1.29, 1.82) is 0 Å². The lowest BCUT2D eigenvalue weighted by molar-refractivity contribution is 0.250. The minimum atomic E-state index is -0.473. The second-order valence-electron chi connectivity index (χ2n) is 1.80. The molecule has 0 spiro atoms. The van der Waals surface area contributed by atoms with Crippen LogP contribution in [0.5, 0.6) is 0 Å². The van der Waals surface area contributed by atoms with Gasteiger partial charge in [0.1, 0.15) is 5.76 Å². The maximum absolute atomic E-state index is 8.57. The number of nitrogens with zero attached hydrogens (tertiary/aromatic N) is 1. The van der Waals surface area contributed by atoms with Gasteiger partial charge in [-0.3, -0.25) is 0 Å². The standard InChI is InChI=1S/C5H7BrN2O2/c6-5-8-1-4(10-5)3(7)2-9/h1,3,9H,2,7H2. The van der Waals surface area contributed by atoms with Crippen molar-refractivity contribution in [3.8, 4) is 0 Å². The van der Waals surface area contributed by atoms with Gasteiger partial charge in [-0.15, -0.1) is 0 Å². The minimum Gasteiger partial charge on any atom is -0.435 e. The zero-order valence-electron chi connectivity index (χ0n) is 5.12. The molecule has 3 N–H and O–H groups in total. The molecule has 0 radical (unpaired) electrons. The highest BCUT2D eigenvalue weighted by Gasteiger charge is 2.08. The first kappa shape index (κ1) is 7.71. The van der Waals surface area contributed by atoms with Gasteiger partial charge >= 0.3 is 0 Å². The number of hydrogen-bond acceptors (Lipinski definition) is 4. The zero-order chi connectivity index (χ0) is 7.56. The van der Waals surface area contributed by atoms with Crippen LogP contribution in [0.2, 0.25) is 0 Å². The van der Waals surface area contributed by atoms with E-state index in [1.807, 2.05) is 0 Å². The molecule has 0 saturated heterocycles. The number of hydrogen-bond donors (Lipinski definition) is 2. The van der Waals surface area contributed by atoms with Crippen LogP contribution in [-0.2, 0) is 0 Å². The lowest BCUT2D eigenvalue weighted by Gasteiger charge is -2.00. The van der Waals surface area contributed by atoms with Crippen LogP contribution in [0.4, 0.5) is 0 Å². The molecule has 1 heterocycles. The smallest absolute Gasteiger partial charge is 0.264 e. The fourth-order valence-electron chi connectivity index (χ4n) is 0.526. The number of rotatable bonds is 2. The summed E-state index contributed by atoms with van der Waals surface area (Å²) in [6.45, 7) is -0.137. The summed E-state index contributed by atoms with van der Waals surface area (Å²) in [5.41, 5.74) is 5.40. The Hall–Kier alpha value is -0.390. The molecule has 0 aliphatic heterocycles. The summed E-state index contributed by atoms with van der Waals surface area (Å²) in [5, 5.41) is 8.57. The molecule has 1 aromatic rings. The van der Waals surface area contributed by atoms with Crippen molar-refractivity contribution in [2.24, 2.45) is 5.73 Å². The molecular weight excluding hydrogens is 200 g/mol. The molecule has 5 heteroatoms. The summed E-state index contributed by atoms with van der Waals surface area (Å²) in [6.07, 6.45) is 1.48. The number of oxazole rings is 1. The normalized spacial score (nSPS) is 13.5. The summed E-state index contributed by atoms with van der Waals surface area (Å²) in [5.74, 6) is 0.481. The van der Waals surface area contributed by atoms with Crippen LogP contribution in [0.1, 0.15) is 11.8 Å². The predicted molar refractivity (Wildman–Crippen MR) is 38.2 cm³/mol. The van der Waals surface area contributed by atoms with Crippen molar-refractivity contribution in [2.45, 2.75) is 6.04 Å². The first-order chi connectivity index (χ1) is 4.74. The molecule has 4 nitrogen and oxygen atoms in total. The molecule has 0 amide bonds. The number of aromatic nitrogens is 1. The molecule has 0 bridgehead atoms. The average Bonchev–Trinajstić information content (AvgIpc) is 2.34. The topological polar surface area (TPSA) is 72.3 Å². The minimum absolute atomic E-state index is 0.137. The average molecular weight is 207 g/mol. The van der Waals surface area contributed by atoms with E-state index in [0.717, 1.165) is 0 Å². The lowest BCUT2D eigenvalue weighted by Crippen LogP contribution is -2.13. The van der Waals surface area contributed by atoms with E-state index < -0.39 is 6.04 Å². The second-order valence-corrected chi connectivity index (χ2v) is 2.48. The summed E-state index contributed by atoms with van der Waals surface area (Å²) in [7, 11) is 0. The van der Waals surface area contributed by atoms with E-state index in [2.05, 4.69) is 20.9 Å². The third-order valence-corrected chi connectivity index (χ3v) is 1.42. The Morgan fingerprint density at radius 1 is 1.90 bits per heavy atom. The van der Waals surface area contributed by atoms with E-state index in [1.54, 1.807) is 0 Å². The molecule has 56 valence electrons. The summed E-state index contributed by atoms with van der Waals surface area (Å²) in [4.78, 5) is 4.13. The summed E-state index contributed by atoms with van der Waals surface area (Å²) in [6, 6.07) is -0.473. The van der Waals surface area contributed by atoms with Crippen LogP contribution in [0, 0.1) is 0 Å². The van der Waals surface area contributed by atoms with E-state index in [-0.39, 0.29) is 6.61 Å². The molecule has 0 aromatic carbocycles. The van der Waals surface area contributed by atoms with Gasteiger partial charge in [-0.2, -0.15) is 0 Å². The maximum Gasteiger partial charge on any atom is 0.264 e. The highest BCUT2D eigenvalue weighted by atomic mass is 79.9. The molecule has 1 unspecified atom stereocenters. The number of halogens is 1. The van der Waals surface area contributed by atoms with E-state index in [4.69, 9.17) is 15.3 Å². The van der Waals surface area contributed by atoms with E-state index in [0.29, 0.717) is 10.6 Å². The van der Waals surface area contributed by atoms with E-state index in [1.165, 1.54) is 6.20 Å². The predicted octanol–water partition coefficient (Wildman–Crippen LogP) is 0.429. The largest absolute Gasteiger partial charge is 0.435 e. The van der Waals surface area contributed by atoms with Crippen LogP contribution in [0.15, 0.2) is 15.4 Å². The van der Waals surface area contributed by atoms with E-state index >= 15 is 0 Å². The molecule has 1 atom stereocenters. The van der Waals surface area contributed by atoms with Gasteiger partial charge in [0.25, 0.3) is 4.80 Å². The Kier molecular flexibility index (Phi) is 2.42. The van der Waals surface area contributed by atoms with Crippen molar-refractivity contribution in [2.75, 3.05) is 6.61 Å². The Labute approximate surface area is 66.2 Å². The first-order valence-electron chi connectivity index (χ1n) is 2.71. The zero-order valence-corrected chi connectivity index (χ0v) is 6.71. The quantitative estimate of drug-likeness (QED) is 0.737. The van der Waals surface area contributed by atoms with Crippen molar-refractivity contribution < 1.29 is 9.52 Å². The van der Waals surface area contributed by atoms with Crippen molar-refractivity contribution in [3.05, 3.63) is 16.8 Å². The Morgan fingerprint density at radius 2 is 2.60 bits per heavy atom. The molecule has 0 aliphatic carbocycles. The number of aliphatic hydroxyl groups is 1. The summed E-state index contributed by atoms with van der Waals surface area (Å²) < 4.78 is 4.96. The van der Waals surface area contributed by atoms with Crippen molar-refractivity contribution in [3.63, 3.8) is 0 Å². The van der Waals surface area contributed by atoms with Crippen LogP contribution in [0.25, 0.3) is 0 Å². The molecule has 1 rings (SSSR count). The second kappa shape index (κ2) is 3.14. The van der Waals surface area contributed by atoms with Crippen LogP contribution >= 0.6 is 15.9 Å². The van der Waals surface area contributed by atoms with Gasteiger partial charge in [0.2, 0.25) is 0 Å². The number of aliphatic hydroxyl groups excluding tert-OH is 1. The van der Waals surface area contributed by atoms with Gasteiger partial charge in [-0.05, 0) is 0 Å². The fourth-order valence-corrected chi connectivity index (χ4v) is 0.815. The van der Waals surface area contributed by atoms with Gasteiger partial charge in [-0.25, -0.2) is 4.98 Å². The van der Waals surface area contributed by atoms with Gasteiger partial charge < -0.3 is 15.3 Å². The molecule has 10 heavy (non-hydrogen) atoms. The van der Waals surface area contributed by atoms with Crippen molar-refractivity contribution >= 4 is 15.9 Å². The molecule has 0 aliphatic rings. The molecule has 1 aromatic heterocycles. The SMILES string of the molecule is NC(CO)c1cnc(Br)o1. The maximum atomic E-state index is 8.57. The van der Waals surface area contributed by atoms with Gasteiger partial charge in [0, 0.05) is 15.9 Å². The molecule has 0 saturated carbocycles. The first-order valence-corrected chi connectivity index (χ1v) is 3.51. The monoisotopic (exact) mass is 206 g/mol. The van der Waals surface area contributed by atoms with Crippen LogP contribution in [0.3, 0.4) is 0 Å².